The second-order valence-corrected chi connectivity index (χ2v) is 14.8. The van der Waals surface area contributed by atoms with E-state index >= 15 is 0 Å². The maximum Gasteiger partial charge on any atom is 0.387 e. The van der Waals surface area contributed by atoms with Crippen LogP contribution in [0.4, 0.5) is 0 Å². The van der Waals surface area contributed by atoms with Crippen LogP contribution in [0, 0.1) is 0 Å². The number of hydrogen-bond donors (Lipinski definition) is 8. The van der Waals surface area contributed by atoms with Crippen molar-refractivity contribution in [2.45, 2.75) is 0 Å². The lowest BCUT2D eigenvalue weighted by atomic mass is 11.1. The molecule has 104 valence electrons. The van der Waals surface area contributed by atoms with Gasteiger partial charge in [0.25, 0.3) is 0 Å². The molecule has 8 nitrogen and oxygen atoms in total. The molecule has 12 heteroatoms. The van der Waals surface area contributed by atoms with Crippen molar-refractivity contribution in [2.75, 3.05) is 28.2 Å². The third-order valence-corrected chi connectivity index (χ3v) is 16.7. The van der Waals surface area contributed by atoms with E-state index < -0.39 is 22.6 Å². The molecule has 0 saturated carbocycles. The Labute approximate surface area is 114 Å². The first kappa shape index (κ1) is 15.3. The van der Waals surface area contributed by atoms with Gasteiger partial charge in [-0.2, -0.15) is 0 Å². The van der Waals surface area contributed by atoms with Gasteiger partial charge in [0, 0.05) is 54.4 Å². The van der Waals surface area contributed by atoms with Crippen LogP contribution in [0.5, 0.6) is 0 Å². The Balaban J connectivity index is 2.31. The molecule has 1 spiro atoms. The predicted octanol–water partition coefficient (Wildman–Crippen LogP) is 0.487. The lowest BCUT2D eigenvalue weighted by molar-refractivity contribution is 0.959. The van der Waals surface area contributed by atoms with Gasteiger partial charge < -0.3 is 0 Å². The van der Waals surface area contributed by atoms with Crippen molar-refractivity contribution in [1.82, 2.24) is 40.0 Å². The van der Waals surface area contributed by atoms with Crippen LogP contribution in [0.1, 0.15) is 0 Å². The summed E-state index contributed by atoms with van der Waals surface area (Å²) in [6.45, 7) is -1.71. The fourth-order valence-electron chi connectivity index (χ4n) is 1.73. The highest BCUT2D eigenvalue weighted by molar-refractivity contribution is 8.64. The second-order valence-electron chi connectivity index (χ2n) is 3.68. The number of rotatable bonds is 4. The molecule has 0 atom stereocenters. The van der Waals surface area contributed by atoms with Crippen LogP contribution < -0.4 is 40.0 Å². The lowest BCUT2D eigenvalue weighted by Crippen LogP contribution is -2.57. The fourth-order valence-corrected chi connectivity index (χ4v) is 18.0. The highest BCUT2D eigenvalue weighted by Gasteiger charge is 2.72. The summed E-state index contributed by atoms with van der Waals surface area (Å²) in [5.41, 5.74) is 0. The summed E-state index contributed by atoms with van der Waals surface area (Å²) in [5, 5.41) is 19.0. The van der Waals surface area contributed by atoms with Crippen LogP contribution >= 0.6 is 34.0 Å². The Bertz CT molecular complexity index is 289. The van der Waals surface area contributed by atoms with Gasteiger partial charge >= 0.3 is 22.6 Å². The number of hydrogen-bond acceptors (Lipinski definition) is 9. The largest absolute Gasteiger partial charge is 0.387 e. The maximum absolute atomic E-state index is 3.68. The van der Waals surface area contributed by atoms with Crippen molar-refractivity contribution < 1.29 is 0 Å². The molecule has 0 aromatic heterocycles. The Morgan fingerprint density at radius 3 is 1.67 bits per heavy atom. The van der Waals surface area contributed by atoms with E-state index in [4.69, 9.17) is 0 Å². The molecule has 0 aliphatic carbocycles. The van der Waals surface area contributed by atoms with E-state index in [1.165, 1.54) is 0 Å². The van der Waals surface area contributed by atoms with E-state index in [0.717, 1.165) is 0 Å². The minimum absolute atomic E-state index is 1.71. The molecule has 18 heavy (non-hydrogen) atoms. The van der Waals surface area contributed by atoms with Gasteiger partial charge in [0.05, 0.1) is 0 Å². The van der Waals surface area contributed by atoms with Crippen LogP contribution in [0.15, 0.2) is 11.6 Å². The minimum atomic E-state index is -1.83. The molecular weight excluding hydrogens is 309 g/mol. The first-order valence-corrected chi connectivity index (χ1v) is 12.4. The maximum atomic E-state index is 3.68. The van der Waals surface area contributed by atoms with E-state index in [0.29, 0.717) is 0 Å². The van der Waals surface area contributed by atoms with E-state index in [-0.39, 0.29) is 0 Å². The van der Waals surface area contributed by atoms with E-state index in [9.17, 15) is 0 Å². The Hall–Kier alpha value is 0.900. The van der Waals surface area contributed by atoms with Crippen molar-refractivity contribution in [3.8, 4) is 0 Å². The molecule has 1 saturated heterocycles. The fraction of sp³-hybridized carbons (Fsp3) is 0.667. The zero-order valence-electron chi connectivity index (χ0n) is 10.9. The van der Waals surface area contributed by atoms with Gasteiger partial charge in [-0.25, -0.2) is 5.09 Å². The van der Waals surface area contributed by atoms with E-state index in [1.807, 2.05) is 34.4 Å². The number of nitrogens with one attached hydrogen (secondary N) is 8. The average molecular weight is 331 g/mol. The van der Waals surface area contributed by atoms with Crippen molar-refractivity contribution in [1.29, 1.82) is 0 Å². The molecule has 0 unspecified atom stereocenters. The molecule has 2 aliphatic rings. The quantitative estimate of drug-likeness (QED) is 0.350. The normalized spacial score (nSPS) is 27.3. The Morgan fingerprint density at radius 1 is 0.833 bits per heavy atom. The van der Waals surface area contributed by atoms with Crippen LogP contribution in [0.25, 0.3) is 0 Å². The molecule has 0 amide bonds. The highest BCUT2D eigenvalue weighted by atomic mass is 32.7. The molecule has 0 radical (unpaired) electrons. The van der Waals surface area contributed by atoms with E-state index in [1.54, 1.807) is 11.4 Å². The van der Waals surface area contributed by atoms with Crippen molar-refractivity contribution in [3.05, 3.63) is 11.6 Å². The molecule has 1 fully saturated rings. The van der Waals surface area contributed by atoms with Gasteiger partial charge in [0.1, 0.15) is 11.4 Å². The third-order valence-electron chi connectivity index (χ3n) is 2.77. The SMILES string of the molecule is CN[P+]1(NC)N[P+](NC)(NC)N[P+]2(NC=CS2)N1. The van der Waals surface area contributed by atoms with Crippen molar-refractivity contribution >= 4 is 34.0 Å². The zero-order chi connectivity index (χ0) is 13.3. The topological polar surface area (TPSA) is 96.2 Å². The second kappa shape index (κ2) is 5.72. The molecule has 8 N–H and O–H groups in total. The van der Waals surface area contributed by atoms with Gasteiger partial charge in [-0.1, -0.05) is 0 Å². The molecule has 2 heterocycles. The minimum Gasteiger partial charge on any atom is -0.221 e. The van der Waals surface area contributed by atoms with Crippen LogP contribution in [-0.2, 0) is 0 Å². The monoisotopic (exact) mass is 331 g/mol. The van der Waals surface area contributed by atoms with Gasteiger partial charge in [0.2, 0.25) is 0 Å². The van der Waals surface area contributed by atoms with Gasteiger partial charge in [-0.15, -0.1) is 20.3 Å². The first-order valence-electron chi connectivity index (χ1n) is 5.50. The molecule has 0 aromatic carbocycles. The first-order chi connectivity index (χ1) is 8.57. The Kier molecular flexibility index (Phi) is 4.86. The summed E-state index contributed by atoms with van der Waals surface area (Å²) in [7, 11) is 4.17. The van der Waals surface area contributed by atoms with Gasteiger partial charge in [0.15, 0.2) is 0 Å². The van der Waals surface area contributed by atoms with Gasteiger partial charge in [-0.05, 0) is 0 Å². The summed E-state index contributed by atoms with van der Waals surface area (Å²) in [4.78, 5) is 11.0. The summed E-state index contributed by atoms with van der Waals surface area (Å²) in [6, 6.07) is 0. The van der Waals surface area contributed by atoms with E-state index in [2.05, 4.69) is 45.4 Å². The summed E-state index contributed by atoms with van der Waals surface area (Å²) in [6.07, 6.45) is 1.99. The van der Waals surface area contributed by atoms with Crippen molar-refractivity contribution in [3.63, 3.8) is 0 Å². The molecule has 2 aliphatic heterocycles. The standard InChI is InChI=1S/C6H22N8P3S/c1-7-15(8-2)12-16(9-3,10-4)14-17(13-15)11-5-6-18-17/h5-14H,1-4H3/q+3. The average Bonchev–Trinajstić information content (AvgIpc) is 2.85. The van der Waals surface area contributed by atoms with Crippen molar-refractivity contribution in [2.24, 2.45) is 0 Å². The highest BCUT2D eigenvalue weighted by Crippen LogP contribution is 2.79. The molecule has 2 rings (SSSR count). The van der Waals surface area contributed by atoms with Crippen LogP contribution in [0.3, 0.4) is 0 Å². The molecule has 0 aromatic rings. The van der Waals surface area contributed by atoms with Gasteiger partial charge in [-0.3, -0.25) is 0 Å². The smallest absolute Gasteiger partial charge is 0.221 e. The van der Waals surface area contributed by atoms with Crippen LogP contribution in [-0.4, -0.2) is 28.2 Å². The summed E-state index contributed by atoms with van der Waals surface area (Å²) >= 11 is 1.78. The lowest BCUT2D eigenvalue weighted by Gasteiger charge is -2.36. The summed E-state index contributed by atoms with van der Waals surface area (Å²) < 4.78 is 0. The third kappa shape index (κ3) is 2.68. The Morgan fingerprint density at radius 2 is 1.33 bits per heavy atom. The zero-order valence-corrected chi connectivity index (χ0v) is 14.4. The predicted molar refractivity (Wildman–Crippen MR) is 86.3 cm³/mol. The summed E-state index contributed by atoms with van der Waals surface area (Å²) in [5.74, 6) is 0. The molecule has 0 bridgehead atoms. The molecular formula is C6H22N8P3S+3. The van der Waals surface area contributed by atoms with Crippen LogP contribution in [0.2, 0.25) is 0 Å².